The first-order chi connectivity index (χ1) is 16.2. The van der Waals surface area contributed by atoms with Gasteiger partial charge >= 0.3 is 17.9 Å². The largest absolute Gasteiger partial charge is 0.465 e. The van der Waals surface area contributed by atoms with E-state index < -0.39 is 36.4 Å². The fraction of sp³-hybridized carbons (Fsp3) is 0.889. The summed E-state index contributed by atoms with van der Waals surface area (Å²) in [6.07, 6.45) is 6.93. The normalized spacial score (nSPS) is 15.6. The van der Waals surface area contributed by atoms with Gasteiger partial charge in [0.15, 0.2) is 5.60 Å². The summed E-state index contributed by atoms with van der Waals surface area (Å²) < 4.78 is 16.1. The van der Waals surface area contributed by atoms with Gasteiger partial charge in [0.25, 0.3) is 0 Å². The lowest BCUT2D eigenvalue weighted by Crippen LogP contribution is -2.45. The number of hydrogen-bond acceptors (Lipinski definition) is 7. The lowest BCUT2D eigenvalue weighted by molar-refractivity contribution is -0.179. The first kappa shape index (κ1) is 32.4. The van der Waals surface area contributed by atoms with E-state index in [1.807, 2.05) is 20.8 Å². The van der Waals surface area contributed by atoms with Crippen LogP contribution >= 0.6 is 0 Å². The first-order valence-electron chi connectivity index (χ1n) is 13.4. The van der Waals surface area contributed by atoms with E-state index in [0.717, 1.165) is 57.8 Å². The highest BCUT2D eigenvalue weighted by molar-refractivity contribution is 5.90. The van der Waals surface area contributed by atoms with Crippen LogP contribution < -0.4 is 0 Å². The van der Waals surface area contributed by atoms with Crippen molar-refractivity contribution in [1.29, 1.82) is 0 Å². The van der Waals surface area contributed by atoms with Crippen LogP contribution in [0.2, 0.25) is 0 Å². The maximum Gasteiger partial charge on any atom is 0.339 e. The zero-order valence-electron chi connectivity index (χ0n) is 22.5. The van der Waals surface area contributed by atoms with Gasteiger partial charge in [-0.2, -0.15) is 0 Å². The lowest BCUT2D eigenvalue weighted by atomic mass is 9.95. The van der Waals surface area contributed by atoms with Crippen LogP contribution in [0.25, 0.3) is 0 Å². The Morgan fingerprint density at radius 1 is 0.618 bits per heavy atom. The van der Waals surface area contributed by atoms with Gasteiger partial charge < -0.3 is 19.3 Å². The molecule has 3 atom stereocenters. The van der Waals surface area contributed by atoms with Crippen molar-refractivity contribution in [2.75, 3.05) is 19.8 Å². The van der Waals surface area contributed by atoms with E-state index in [1.165, 1.54) is 0 Å². The fourth-order valence-electron chi connectivity index (χ4n) is 3.98. The molecule has 0 radical (unpaired) electrons. The van der Waals surface area contributed by atoms with Gasteiger partial charge in [0.2, 0.25) is 0 Å². The van der Waals surface area contributed by atoms with E-state index in [0.29, 0.717) is 0 Å². The molecule has 0 aromatic carbocycles. The molecule has 0 fully saturated rings. The molecule has 0 rings (SSSR count). The number of aliphatic hydroxyl groups is 1. The molecule has 200 valence electrons. The first-order valence-corrected chi connectivity index (χ1v) is 13.4. The van der Waals surface area contributed by atoms with Crippen molar-refractivity contribution in [2.45, 2.75) is 118 Å². The molecular formula is C27H50O7. The Kier molecular flexibility index (Phi) is 17.8. The highest BCUT2D eigenvalue weighted by Crippen LogP contribution is 2.23. The van der Waals surface area contributed by atoms with E-state index in [9.17, 15) is 19.5 Å². The van der Waals surface area contributed by atoms with Crippen molar-refractivity contribution >= 4 is 17.9 Å². The number of esters is 3. The molecule has 0 aliphatic carbocycles. The summed E-state index contributed by atoms with van der Waals surface area (Å²) in [5, 5.41) is 11.1. The maximum atomic E-state index is 12.9. The zero-order valence-corrected chi connectivity index (χ0v) is 22.5. The molecule has 0 aliphatic heterocycles. The summed E-state index contributed by atoms with van der Waals surface area (Å²) in [4.78, 5) is 37.9. The molecule has 34 heavy (non-hydrogen) atoms. The summed E-state index contributed by atoms with van der Waals surface area (Å²) in [6, 6.07) is 0. The zero-order chi connectivity index (χ0) is 26.0. The molecule has 0 aromatic rings. The van der Waals surface area contributed by atoms with E-state index >= 15 is 0 Å². The second-order valence-corrected chi connectivity index (χ2v) is 9.54. The van der Waals surface area contributed by atoms with Crippen molar-refractivity contribution in [1.82, 2.24) is 0 Å². The number of ether oxygens (including phenoxy) is 3. The molecule has 1 N–H and O–H groups in total. The molecule has 0 aromatic heterocycles. The van der Waals surface area contributed by atoms with E-state index in [-0.39, 0.29) is 37.6 Å². The average Bonchev–Trinajstić information content (AvgIpc) is 2.81. The van der Waals surface area contributed by atoms with Crippen LogP contribution in [0.15, 0.2) is 0 Å². The minimum Gasteiger partial charge on any atom is -0.465 e. The van der Waals surface area contributed by atoms with Crippen molar-refractivity contribution in [3.8, 4) is 0 Å². The van der Waals surface area contributed by atoms with Gasteiger partial charge in [-0.1, -0.05) is 80.1 Å². The van der Waals surface area contributed by atoms with E-state index in [4.69, 9.17) is 14.2 Å². The molecule has 3 unspecified atom stereocenters. The standard InChI is InChI=1S/C27H50O7/c1-7-13-21(10-4)18-32-24(28)16-27(31,26(30)34-20-23(12-6)15-9-3)17-25(29)33-19-22(11-5)14-8-2/h21-23,31H,7-20H2,1-6H3. The van der Waals surface area contributed by atoms with Crippen molar-refractivity contribution < 1.29 is 33.7 Å². The maximum absolute atomic E-state index is 12.9. The smallest absolute Gasteiger partial charge is 0.339 e. The number of hydrogen-bond donors (Lipinski definition) is 1. The van der Waals surface area contributed by atoms with Gasteiger partial charge in [-0.3, -0.25) is 9.59 Å². The van der Waals surface area contributed by atoms with Gasteiger partial charge in [-0.05, 0) is 37.0 Å². The Labute approximate surface area is 207 Å². The van der Waals surface area contributed by atoms with Crippen LogP contribution in [0.1, 0.15) is 112 Å². The van der Waals surface area contributed by atoms with Crippen molar-refractivity contribution in [3.63, 3.8) is 0 Å². The monoisotopic (exact) mass is 486 g/mol. The third-order valence-corrected chi connectivity index (χ3v) is 6.49. The lowest BCUT2D eigenvalue weighted by Gasteiger charge is -2.26. The molecule has 0 heterocycles. The average molecular weight is 487 g/mol. The van der Waals surface area contributed by atoms with E-state index in [1.54, 1.807) is 0 Å². The number of rotatable bonds is 20. The molecule has 0 bridgehead atoms. The SMILES string of the molecule is CCCC(CC)COC(=O)CC(O)(CC(=O)OCC(CC)CCC)C(=O)OCC(CC)CCC. The predicted octanol–water partition coefficient (Wildman–Crippen LogP) is 5.61. The van der Waals surface area contributed by atoms with Crippen LogP contribution in [-0.4, -0.2) is 48.4 Å². The fourth-order valence-corrected chi connectivity index (χ4v) is 3.98. The third-order valence-electron chi connectivity index (χ3n) is 6.49. The molecule has 7 nitrogen and oxygen atoms in total. The van der Waals surface area contributed by atoms with Crippen LogP contribution in [0.3, 0.4) is 0 Å². The molecule has 0 saturated carbocycles. The summed E-state index contributed by atoms with van der Waals surface area (Å²) in [5.41, 5.74) is -2.31. The quantitative estimate of drug-likeness (QED) is 0.176. The highest BCUT2D eigenvalue weighted by Gasteiger charge is 2.43. The van der Waals surface area contributed by atoms with Gasteiger partial charge in [-0.25, -0.2) is 4.79 Å². The Bertz CT molecular complexity index is 543. The second-order valence-electron chi connectivity index (χ2n) is 9.54. The Morgan fingerprint density at radius 3 is 1.24 bits per heavy atom. The Morgan fingerprint density at radius 2 is 0.941 bits per heavy atom. The molecule has 0 aliphatic rings. The minimum atomic E-state index is -2.31. The summed E-state index contributed by atoms with van der Waals surface area (Å²) in [5.74, 6) is -1.81. The summed E-state index contributed by atoms with van der Waals surface area (Å²) in [6.45, 7) is 12.8. The van der Waals surface area contributed by atoms with Gasteiger partial charge in [0.05, 0.1) is 32.7 Å². The number of carbonyl (C=O) groups is 3. The van der Waals surface area contributed by atoms with Gasteiger partial charge in [0.1, 0.15) is 0 Å². The van der Waals surface area contributed by atoms with Gasteiger partial charge in [-0.15, -0.1) is 0 Å². The minimum absolute atomic E-state index is 0.137. The Balaban J connectivity index is 5.26. The second kappa shape index (κ2) is 18.7. The summed E-state index contributed by atoms with van der Waals surface area (Å²) >= 11 is 0. The van der Waals surface area contributed by atoms with Gasteiger partial charge in [0, 0.05) is 0 Å². The van der Waals surface area contributed by atoms with Crippen LogP contribution in [0.4, 0.5) is 0 Å². The van der Waals surface area contributed by atoms with E-state index in [2.05, 4.69) is 20.8 Å². The molecule has 0 saturated heterocycles. The third kappa shape index (κ3) is 13.3. The Hall–Kier alpha value is -1.63. The highest BCUT2D eigenvalue weighted by atomic mass is 16.6. The van der Waals surface area contributed by atoms with Crippen LogP contribution in [0, 0.1) is 17.8 Å². The summed E-state index contributed by atoms with van der Waals surface area (Å²) in [7, 11) is 0. The van der Waals surface area contributed by atoms with Crippen molar-refractivity contribution in [2.24, 2.45) is 17.8 Å². The van der Waals surface area contributed by atoms with Crippen molar-refractivity contribution in [3.05, 3.63) is 0 Å². The molecule has 0 spiro atoms. The molecular weight excluding hydrogens is 436 g/mol. The molecule has 7 heteroatoms. The number of carbonyl (C=O) groups excluding carboxylic acids is 3. The topological polar surface area (TPSA) is 99.1 Å². The van der Waals surface area contributed by atoms with Crippen LogP contribution in [0.5, 0.6) is 0 Å². The predicted molar refractivity (Wildman–Crippen MR) is 133 cm³/mol. The van der Waals surface area contributed by atoms with Crippen LogP contribution in [-0.2, 0) is 28.6 Å². The molecule has 0 amide bonds.